The summed E-state index contributed by atoms with van der Waals surface area (Å²) >= 11 is 0. The van der Waals surface area contributed by atoms with E-state index in [0.29, 0.717) is 5.92 Å². The predicted octanol–water partition coefficient (Wildman–Crippen LogP) is 5.43. The van der Waals surface area contributed by atoms with E-state index in [1.165, 1.54) is 21.9 Å². The van der Waals surface area contributed by atoms with E-state index in [1.54, 1.807) is 12.1 Å². The molecule has 4 rings (SSSR count). The van der Waals surface area contributed by atoms with Crippen LogP contribution in [-0.2, 0) is 12.8 Å². The molecular formula is C22H18FN. The minimum Gasteiger partial charge on any atom is -0.206 e. The molecule has 24 heavy (non-hydrogen) atoms. The van der Waals surface area contributed by atoms with Crippen molar-refractivity contribution < 1.29 is 4.39 Å². The first kappa shape index (κ1) is 14.9. The number of halogens is 1. The highest BCUT2D eigenvalue weighted by Crippen LogP contribution is 2.35. The zero-order chi connectivity index (χ0) is 16.7. The molecule has 0 saturated heterocycles. The molecule has 118 valence electrons. The number of rotatable bonds is 1. The Kier molecular flexibility index (Phi) is 3.58. The molecule has 0 bridgehead atoms. The Balaban J connectivity index is 1.68. The van der Waals surface area contributed by atoms with Gasteiger partial charge in [-0.3, -0.25) is 0 Å². The number of nitriles is 1. The van der Waals surface area contributed by atoms with Crippen LogP contribution >= 0.6 is 0 Å². The molecule has 0 N–H and O–H groups in total. The van der Waals surface area contributed by atoms with Crippen molar-refractivity contribution in [3.63, 3.8) is 0 Å². The molecule has 0 spiro atoms. The van der Waals surface area contributed by atoms with Crippen molar-refractivity contribution in [3.05, 3.63) is 82.2 Å². The Morgan fingerprint density at radius 2 is 1.79 bits per heavy atom. The highest BCUT2D eigenvalue weighted by Gasteiger charge is 2.22. The Morgan fingerprint density at radius 1 is 1.00 bits per heavy atom. The molecular weight excluding hydrogens is 297 g/mol. The second kappa shape index (κ2) is 5.76. The molecule has 0 aliphatic heterocycles. The Hall–Kier alpha value is -2.66. The maximum atomic E-state index is 13.9. The molecule has 1 nitrogen and oxygen atoms in total. The van der Waals surface area contributed by atoms with Crippen molar-refractivity contribution in [2.75, 3.05) is 0 Å². The molecule has 1 unspecified atom stereocenters. The molecule has 3 aromatic carbocycles. The van der Waals surface area contributed by atoms with Gasteiger partial charge in [0.05, 0.1) is 5.56 Å². The summed E-state index contributed by atoms with van der Waals surface area (Å²) in [5.74, 6) is 0.0152. The van der Waals surface area contributed by atoms with Crippen LogP contribution in [0.1, 0.15) is 40.2 Å². The lowest BCUT2D eigenvalue weighted by atomic mass is 9.79. The molecule has 1 atom stereocenters. The summed E-state index contributed by atoms with van der Waals surface area (Å²) in [5, 5.41) is 11.5. The largest absolute Gasteiger partial charge is 0.206 e. The number of hydrogen-bond donors (Lipinski definition) is 0. The van der Waals surface area contributed by atoms with Crippen LogP contribution in [0, 0.1) is 24.1 Å². The summed E-state index contributed by atoms with van der Waals surface area (Å²) in [5.41, 5.74) is 4.92. The summed E-state index contributed by atoms with van der Waals surface area (Å²) < 4.78 is 13.9. The zero-order valence-corrected chi connectivity index (χ0v) is 13.6. The van der Waals surface area contributed by atoms with Gasteiger partial charge in [-0.15, -0.1) is 0 Å². The van der Waals surface area contributed by atoms with E-state index in [0.717, 1.165) is 30.4 Å². The molecule has 2 heteroatoms. The first-order chi connectivity index (χ1) is 11.6. The quantitative estimate of drug-likeness (QED) is 0.587. The van der Waals surface area contributed by atoms with Gasteiger partial charge in [0.15, 0.2) is 0 Å². The molecule has 0 aromatic heterocycles. The minimum absolute atomic E-state index is 0.160. The van der Waals surface area contributed by atoms with Crippen molar-refractivity contribution in [1.82, 2.24) is 0 Å². The summed E-state index contributed by atoms with van der Waals surface area (Å²) in [6, 6.07) is 18.4. The Labute approximate surface area is 141 Å². The van der Waals surface area contributed by atoms with E-state index >= 15 is 0 Å². The lowest BCUT2D eigenvalue weighted by Crippen LogP contribution is -2.13. The lowest BCUT2D eigenvalue weighted by Gasteiger charge is -2.25. The zero-order valence-electron chi connectivity index (χ0n) is 13.6. The van der Waals surface area contributed by atoms with Gasteiger partial charge in [-0.25, -0.2) is 4.39 Å². The second-order valence-electron chi connectivity index (χ2n) is 6.76. The lowest BCUT2D eigenvalue weighted by molar-refractivity contribution is 0.571. The number of fused-ring (bicyclic) bond motifs is 2. The molecule has 0 amide bonds. The van der Waals surface area contributed by atoms with Crippen LogP contribution in [0.5, 0.6) is 0 Å². The molecule has 0 heterocycles. The van der Waals surface area contributed by atoms with Gasteiger partial charge in [0.25, 0.3) is 0 Å². The number of nitrogens with zero attached hydrogens (tertiary/aromatic N) is 1. The van der Waals surface area contributed by atoms with Crippen molar-refractivity contribution in [1.29, 1.82) is 5.26 Å². The van der Waals surface area contributed by atoms with E-state index in [-0.39, 0.29) is 5.56 Å². The van der Waals surface area contributed by atoms with Crippen LogP contribution in [-0.4, -0.2) is 0 Å². The van der Waals surface area contributed by atoms with E-state index in [9.17, 15) is 4.39 Å². The predicted molar refractivity (Wildman–Crippen MR) is 94.6 cm³/mol. The maximum absolute atomic E-state index is 13.9. The van der Waals surface area contributed by atoms with Crippen LogP contribution in [0.4, 0.5) is 4.39 Å². The van der Waals surface area contributed by atoms with Gasteiger partial charge < -0.3 is 0 Å². The fraction of sp³-hybridized carbons (Fsp3) is 0.227. The molecule has 0 fully saturated rings. The van der Waals surface area contributed by atoms with E-state index < -0.39 is 5.82 Å². The number of benzene rings is 3. The molecule has 1 aliphatic carbocycles. The highest BCUT2D eigenvalue weighted by molar-refractivity contribution is 5.84. The fourth-order valence-corrected chi connectivity index (χ4v) is 3.79. The van der Waals surface area contributed by atoms with Gasteiger partial charge in [-0.2, -0.15) is 5.26 Å². The van der Waals surface area contributed by atoms with Crippen molar-refractivity contribution >= 4 is 10.8 Å². The van der Waals surface area contributed by atoms with Crippen molar-refractivity contribution in [2.45, 2.75) is 32.1 Å². The van der Waals surface area contributed by atoms with Crippen molar-refractivity contribution in [2.24, 2.45) is 0 Å². The van der Waals surface area contributed by atoms with Gasteiger partial charge in [-0.05, 0) is 71.7 Å². The van der Waals surface area contributed by atoms with Gasteiger partial charge in [0.2, 0.25) is 0 Å². The standard InChI is InChI=1S/C22H18FN/c1-14-2-3-16-9-17(5-4-15(16)8-14)18-6-7-19-11-21(13-24)22(23)12-20(19)10-18/h2-5,8-9,11-12,18H,6-7,10H2,1H3. The van der Waals surface area contributed by atoms with E-state index in [4.69, 9.17) is 5.26 Å². The third-order valence-corrected chi connectivity index (χ3v) is 5.13. The molecule has 0 saturated carbocycles. The summed E-state index contributed by atoms with van der Waals surface area (Å²) in [4.78, 5) is 0. The van der Waals surface area contributed by atoms with Crippen molar-refractivity contribution in [3.8, 4) is 6.07 Å². The van der Waals surface area contributed by atoms with Crippen LogP contribution in [0.2, 0.25) is 0 Å². The molecule has 1 aliphatic rings. The van der Waals surface area contributed by atoms with Crippen LogP contribution in [0.25, 0.3) is 10.8 Å². The second-order valence-corrected chi connectivity index (χ2v) is 6.76. The first-order valence-electron chi connectivity index (χ1n) is 8.36. The fourth-order valence-electron chi connectivity index (χ4n) is 3.79. The van der Waals surface area contributed by atoms with Gasteiger partial charge in [0.1, 0.15) is 11.9 Å². The van der Waals surface area contributed by atoms with Gasteiger partial charge in [-0.1, -0.05) is 42.0 Å². The Morgan fingerprint density at radius 3 is 2.62 bits per heavy atom. The van der Waals surface area contributed by atoms with E-state index in [2.05, 4.69) is 43.3 Å². The number of aryl methyl sites for hydroxylation is 2. The van der Waals surface area contributed by atoms with E-state index in [1.807, 2.05) is 6.07 Å². The average Bonchev–Trinajstić information content (AvgIpc) is 2.60. The van der Waals surface area contributed by atoms with Crippen LogP contribution < -0.4 is 0 Å². The Bertz CT molecular complexity index is 981. The van der Waals surface area contributed by atoms with Gasteiger partial charge >= 0.3 is 0 Å². The topological polar surface area (TPSA) is 23.8 Å². The average molecular weight is 315 g/mol. The minimum atomic E-state index is -0.397. The third kappa shape index (κ3) is 2.57. The monoisotopic (exact) mass is 315 g/mol. The SMILES string of the molecule is Cc1ccc2cc(C3CCc4cc(C#N)c(F)cc4C3)ccc2c1. The van der Waals surface area contributed by atoms with Crippen LogP contribution in [0.15, 0.2) is 48.5 Å². The molecule has 0 radical (unpaired) electrons. The first-order valence-corrected chi connectivity index (χ1v) is 8.36. The normalized spacial score (nSPS) is 16.6. The molecule has 3 aromatic rings. The maximum Gasteiger partial charge on any atom is 0.141 e. The smallest absolute Gasteiger partial charge is 0.141 e. The highest BCUT2D eigenvalue weighted by atomic mass is 19.1. The summed E-state index contributed by atoms with van der Waals surface area (Å²) in [6.07, 6.45) is 2.79. The number of hydrogen-bond acceptors (Lipinski definition) is 1. The summed E-state index contributed by atoms with van der Waals surface area (Å²) in [7, 11) is 0. The third-order valence-electron chi connectivity index (χ3n) is 5.13. The van der Waals surface area contributed by atoms with Crippen LogP contribution in [0.3, 0.4) is 0 Å². The van der Waals surface area contributed by atoms with Gasteiger partial charge in [0, 0.05) is 0 Å². The summed E-state index contributed by atoms with van der Waals surface area (Å²) in [6.45, 7) is 2.11.